The molecule has 10 heteroatoms. The number of H-pyrrole nitrogens is 2. The highest BCUT2D eigenvalue weighted by Gasteiger charge is 2.23. The maximum atomic E-state index is 14.0. The Bertz CT molecular complexity index is 1450. The lowest BCUT2D eigenvalue weighted by atomic mass is 9.89. The predicted octanol–water partition coefficient (Wildman–Crippen LogP) is 4.70. The third kappa shape index (κ3) is 5.40. The lowest BCUT2D eigenvalue weighted by Gasteiger charge is -2.32. The number of anilines is 4. The summed E-state index contributed by atoms with van der Waals surface area (Å²) in [6, 6.07) is 11.8. The molecule has 0 saturated carbocycles. The molecule has 1 amide bonds. The second-order valence-corrected chi connectivity index (χ2v) is 9.58. The van der Waals surface area contributed by atoms with Gasteiger partial charge in [0.25, 0.3) is 5.91 Å². The van der Waals surface area contributed by atoms with Crippen molar-refractivity contribution in [2.75, 3.05) is 37.4 Å². The Labute approximate surface area is 220 Å². The molecule has 4 aromatic rings. The summed E-state index contributed by atoms with van der Waals surface area (Å²) in [6.07, 6.45) is 5.22. The molecule has 3 heterocycles. The van der Waals surface area contributed by atoms with Crippen molar-refractivity contribution in [3.63, 3.8) is 0 Å². The number of hydrogen-bond acceptors (Lipinski definition) is 6. The van der Waals surface area contributed by atoms with Gasteiger partial charge in [-0.2, -0.15) is 0 Å². The number of nitrogens with one attached hydrogen (secondary N) is 4. The van der Waals surface area contributed by atoms with Crippen molar-refractivity contribution in [2.24, 2.45) is 5.73 Å². The second kappa shape index (κ2) is 11.1. The Balaban J connectivity index is 1.41. The molecule has 198 valence electrons. The first-order chi connectivity index (χ1) is 18.4. The fraction of sp³-hybridized carbons (Fsp3) is 0.321. The van der Waals surface area contributed by atoms with E-state index in [4.69, 9.17) is 10.5 Å². The van der Waals surface area contributed by atoms with E-state index in [1.54, 1.807) is 13.3 Å². The van der Waals surface area contributed by atoms with Crippen LogP contribution in [0.2, 0.25) is 0 Å². The van der Waals surface area contributed by atoms with E-state index in [0.29, 0.717) is 23.3 Å². The number of amides is 1. The van der Waals surface area contributed by atoms with Gasteiger partial charge in [-0.05, 0) is 86.8 Å². The number of carbonyl (C=O) groups is 1. The number of likely N-dealkylation sites (tertiary alicyclic amines) is 1. The van der Waals surface area contributed by atoms with Crippen LogP contribution in [0.3, 0.4) is 0 Å². The van der Waals surface area contributed by atoms with Crippen LogP contribution in [-0.4, -0.2) is 47.5 Å². The zero-order chi connectivity index (χ0) is 26.6. The fourth-order valence-corrected chi connectivity index (χ4v) is 5.10. The van der Waals surface area contributed by atoms with Gasteiger partial charge < -0.3 is 20.7 Å². The molecule has 1 aliphatic heterocycles. The topological polar surface area (TPSA) is 122 Å². The van der Waals surface area contributed by atoms with Gasteiger partial charge in [0.15, 0.2) is 5.75 Å². The third-order valence-electron chi connectivity index (χ3n) is 7.05. The minimum Gasteiger partial charge on any atom is -0.493 e. The number of methoxy groups -OCH3 is 1. The number of benzene rings is 2. The van der Waals surface area contributed by atoms with Crippen LogP contribution in [-0.2, 0) is 0 Å². The zero-order valence-electron chi connectivity index (χ0n) is 21.6. The van der Waals surface area contributed by atoms with Crippen LogP contribution in [0, 0.1) is 5.82 Å². The fourth-order valence-electron chi connectivity index (χ4n) is 5.10. The number of piperidine rings is 1. The zero-order valence-corrected chi connectivity index (χ0v) is 21.6. The smallest absolute Gasteiger partial charge is 0.351 e. The van der Waals surface area contributed by atoms with Gasteiger partial charge in [-0.25, -0.2) is 9.37 Å². The first-order valence-corrected chi connectivity index (χ1v) is 12.9. The van der Waals surface area contributed by atoms with Crippen molar-refractivity contribution in [1.29, 1.82) is 0 Å². The molecule has 0 atom stereocenters. The number of nitrogens with two attached hydrogens (primary N) is 1. The highest BCUT2D eigenvalue weighted by Crippen LogP contribution is 2.35. The first kappa shape index (κ1) is 25.5. The van der Waals surface area contributed by atoms with Gasteiger partial charge in [0, 0.05) is 6.20 Å². The molecule has 1 saturated heterocycles. The van der Waals surface area contributed by atoms with Crippen LogP contribution >= 0.6 is 0 Å². The minimum absolute atomic E-state index is 0.164. The molecule has 1 aliphatic rings. The van der Waals surface area contributed by atoms with Gasteiger partial charge >= 0.3 is 5.95 Å². The number of carbonyl (C=O) groups excluding carboxylic acids is 1. The van der Waals surface area contributed by atoms with Gasteiger partial charge in [0.2, 0.25) is 11.5 Å². The summed E-state index contributed by atoms with van der Waals surface area (Å²) in [4.78, 5) is 25.5. The number of nitrogens with zero attached hydrogens (tertiary/aromatic N) is 2. The standard InChI is InChI=1S/C28H32FN7O2/c1-3-12-36-13-9-17(10-14-36)18-4-7-22(24(15-18)38-2)33-28-34-26-21(8-11-31-26)27(35-28)32-23-16-19(29)5-6-20(23)25(30)37/h4-8,11,15-17H,3,9-10,12-14H2,1-2H3,(H2,30,37)(H3,31,32,33,34,35)/p+1. The average Bonchev–Trinajstić information content (AvgIpc) is 3.39. The first-order valence-electron chi connectivity index (χ1n) is 12.9. The summed E-state index contributed by atoms with van der Waals surface area (Å²) in [5, 5.41) is 7.11. The molecule has 6 N–H and O–H groups in total. The van der Waals surface area contributed by atoms with Crippen molar-refractivity contribution in [2.45, 2.75) is 32.1 Å². The van der Waals surface area contributed by atoms with E-state index in [-0.39, 0.29) is 11.3 Å². The van der Waals surface area contributed by atoms with Gasteiger partial charge in [-0.1, -0.05) is 18.0 Å². The lowest BCUT2D eigenvalue weighted by molar-refractivity contribution is -0.333. The normalized spacial score (nSPS) is 14.5. The van der Waals surface area contributed by atoms with E-state index in [0.717, 1.165) is 49.3 Å². The molecule has 0 bridgehead atoms. The summed E-state index contributed by atoms with van der Waals surface area (Å²) >= 11 is 0. The number of hydrogen-bond donors (Lipinski definition) is 4. The van der Waals surface area contributed by atoms with Gasteiger partial charge in [0.05, 0.1) is 23.7 Å². The SMILES string of the molecule is CCCN1CCC(c2ccc(Nc3nc(Nc4cc(F)ccc4C(N)=O)c4cc[nH]c4[nH+]3)c(OC)c2)CC1. The number of halogens is 1. The maximum Gasteiger partial charge on any atom is 0.351 e. The van der Waals surface area contributed by atoms with Gasteiger partial charge in [0.1, 0.15) is 11.5 Å². The van der Waals surface area contributed by atoms with Crippen molar-refractivity contribution < 1.29 is 18.9 Å². The largest absolute Gasteiger partial charge is 0.493 e. The predicted molar refractivity (Wildman–Crippen MR) is 146 cm³/mol. The second-order valence-electron chi connectivity index (χ2n) is 9.58. The number of primary amides is 1. The Morgan fingerprint density at radius 3 is 2.74 bits per heavy atom. The van der Waals surface area contributed by atoms with E-state index in [1.807, 2.05) is 12.1 Å². The van der Waals surface area contributed by atoms with Crippen LogP contribution in [0.5, 0.6) is 5.75 Å². The molecule has 0 spiro atoms. The average molecular weight is 519 g/mol. The van der Waals surface area contributed by atoms with Crippen LogP contribution < -0.4 is 26.1 Å². The quantitative estimate of drug-likeness (QED) is 0.255. The van der Waals surface area contributed by atoms with Crippen LogP contribution in [0.15, 0.2) is 48.7 Å². The third-order valence-corrected chi connectivity index (χ3v) is 7.05. The van der Waals surface area contributed by atoms with Crippen LogP contribution in [0.25, 0.3) is 11.0 Å². The van der Waals surface area contributed by atoms with E-state index in [1.165, 1.54) is 30.2 Å². The Morgan fingerprint density at radius 2 is 2.00 bits per heavy atom. The summed E-state index contributed by atoms with van der Waals surface area (Å²) in [5.74, 6) is 0.913. The molecule has 0 radical (unpaired) electrons. The lowest BCUT2D eigenvalue weighted by Crippen LogP contribution is -2.33. The number of fused-ring (bicyclic) bond motifs is 1. The number of aromatic amines is 2. The molecule has 5 rings (SSSR count). The molecular formula is C28H33FN7O2+. The van der Waals surface area contributed by atoms with Gasteiger partial charge in [-0.3, -0.25) is 15.1 Å². The van der Waals surface area contributed by atoms with Crippen molar-refractivity contribution in [3.8, 4) is 5.75 Å². The van der Waals surface area contributed by atoms with E-state index in [2.05, 4.69) is 49.5 Å². The maximum absolute atomic E-state index is 14.0. The van der Waals surface area contributed by atoms with E-state index >= 15 is 0 Å². The Kier molecular flexibility index (Phi) is 7.41. The Hall–Kier alpha value is -4.18. The van der Waals surface area contributed by atoms with Crippen LogP contribution in [0.4, 0.5) is 27.5 Å². The van der Waals surface area contributed by atoms with Crippen molar-refractivity contribution in [1.82, 2.24) is 14.9 Å². The van der Waals surface area contributed by atoms with E-state index < -0.39 is 11.7 Å². The van der Waals surface area contributed by atoms with Gasteiger partial charge in [-0.15, -0.1) is 0 Å². The number of aromatic nitrogens is 3. The number of rotatable bonds is 9. The monoisotopic (exact) mass is 518 g/mol. The minimum atomic E-state index is -0.667. The van der Waals surface area contributed by atoms with Crippen LogP contribution in [0.1, 0.15) is 48.0 Å². The van der Waals surface area contributed by atoms with E-state index in [9.17, 15) is 9.18 Å². The molecule has 9 nitrogen and oxygen atoms in total. The van der Waals surface area contributed by atoms with Crippen molar-refractivity contribution >= 4 is 40.1 Å². The molecule has 0 unspecified atom stereocenters. The summed E-state index contributed by atoms with van der Waals surface area (Å²) in [6.45, 7) is 5.62. The summed E-state index contributed by atoms with van der Waals surface area (Å²) < 4.78 is 19.7. The molecule has 2 aromatic carbocycles. The molecule has 0 aliphatic carbocycles. The van der Waals surface area contributed by atoms with Crippen molar-refractivity contribution in [3.05, 3.63) is 65.6 Å². The number of ether oxygens (including phenoxy) is 1. The highest BCUT2D eigenvalue weighted by atomic mass is 19.1. The Morgan fingerprint density at radius 1 is 1.18 bits per heavy atom. The molecular weight excluding hydrogens is 485 g/mol. The summed E-state index contributed by atoms with van der Waals surface area (Å²) in [7, 11) is 1.65. The molecule has 38 heavy (non-hydrogen) atoms. The highest BCUT2D eigenvalue weighted by molar-refractivity contribution is 6.00. The summed E-state index contributed by atoms with van der Waals surface area (Å²) in [5.41, 5.74) is 8.61. The molecule has 1 fully saturated rings. The molecule has 2 aromatic heterocycles.